The summed E-state index contributed by atoms with van der Waals surface area (Å²) in [6.07, 6.45) is 0.600. The summed E-state index contributed by atoms with van der Waals surface area (Å²) < 4.78 is 16.1. The van der Waals surface area contributed by atoms with Gasteiger partial charge in [0.05, 0.1) is 6.61 Å². The van der Waals surface area contributed by atoms with Crippen LogP contribution in [0.1, 0.15) is 20.3 Å². The van der Waals surface area contributed by atoms with Gasteiger partial charge in [-0.3, -0.25) is 4.79 Å². The number of carbonyl (C=O) groups is 1. The molecule has 2 aromatic rings. The summed E-state index contributed by atoms with van der Waals surface area (Å²) in [7, 11) is 0. The first kappa shape index (κ1) is 14.9. The van der Waals surface area contributed by atoms with E-state index in [1.165, 1.54) is 11.8 Å². The molecule has 7 heteroatoms. The summed E-state index contributed by atoms with van der Waals surface area (Å²) >= 11 is 1.25. The van der Waals surface area contributed by atoms with Crippen LogP contribution in [0.4, 0.5) is 0 Å². The first-order valence-corrected chi connectivity index (χ1v) is 7.97. The molecule has 1 aromatic carbocycles. The van der Waals surface area contributed by atoms with Crippen LogP contribution >= 0.6 is 11.8 Å². The van der Waals surface area contributed by atoms with Gasteiger partial charge in [0, 0.05) is 12.0 Å². The largest absolute Gasteiger partial charge is 0.494 e. The first-order chi connectivity index (χ1) is 10.7. The Morgan fingerprint density at radius 3 is 2.73 bits per heavy atom. The van der Waals surface area contributed by atoms with Gasteiger partial charge in [-0.05, 0) is 49.9 Å². The van der Waals surface area contributed by atoms with Gasteiger partial charge in [0.2, 0.25) is 5.89 Å². The zero-order valence-corrected chi connectivity index (χ0v) is 13.1. The summed E-state index contributed by atoms with van der Waals surface area (Å²) in [5, 5.41) is 8.10. The first-order valence-electron chi connectivity index (χ1n) is 7.09. The van der Waals surface area contributed by atoms with Gasteiger partial charge in [0.15, 0.2) is 0 Å². The molecule has 1 fully saturated rings. The second-order valence-electron chi connectivity index (χ2n) is 4.92. The summed E-state index contributed by atoms with van der Waals surface area (Å²) in [5.74, 6) is 0.992. The number of nitrogens with zero attached hydrogens (tertiary/aromatic N) is 2. The highest BCUT2D eigenvalue weighted by Gasteiger charge is 2.34. The van der Waals surface area contributed by atoms with Crippen LogP contribution in [0.2, 0.25) is 0 Å². The number of esters is 1. The van der Waals surface area contributed by atoms with Gasteiger partial charge in [-0.2, -0.15) is 0 Å². The molecule has 0 aliphatic carbocycles. The predicted octanol–water partition coefficient (Wildman–Crippen LogP) is 2.93. The molecule has 22 heavy (non-hydrogen) atoms. The van der Waals surface area contributed by atoms with Gasteiger partial charge in [-0.15, -0.1) is 10.2 Å². The molecule has 0 bridgehead atoms. The fourth-order valence-corrected chi connectivity index (χ4v) is 3.15. The fourth-order valence-electron chi connectivity index (χ4n) is 2.17. The van der Waals surface area contributed by atoms with E-state index in [-0.39, 0.29) is 17.3 Å². The van der Waals surface area contributed by atoms with Crippen LogP contribution in [-0.4, -0.2) is 34.1 Å². The van der Waals surface area contributed by atoms with Crippen molar-refractivity contribution < 1.29 is 18.7 Å². The highest BCUT2D eigenvalue weighted by atomic mass is 32.2. The molecular weight excluding hydrogens is 304 g/mol. The zero-order chi connectivity index (χ0) is 15.5. The van der Waals surface area contributed by atoms with E-state index < -0.39 is 0 Å². The molecule has 2 atom stereocenters. The minimum atomic E-state index is -0.274. The highest BCUT2D eigenvalue weighted by Crippen LogP contribution is 2.32. The predicted molar refractivity (Wildman–Crippen MR) is 80.7 cm³/mol. The lowest BCUT2D eigenvalue weighted by atomic mass is 10.2. The van der Waals surface area contributed by atoms with E-state index in [0.717, 1.165) is 11.3 Å². The molecule has 1 aliphatic rings. The molecule has 0 radical (unpaired) electrons. The summed E-state index contributed by atoms with van der Waals surface area (Å²) in [5.41, 5.74) is 0.810. The maximum Gasteiger partial charge on any atom is 0.320 e. The van der Waals surface area contributed by atoms with E-state index >= 15 is 0 Å². The Bertz CT molecular complexity index is 656. The Balaban J connectivity index is 1.69. The molecule has 0 saturated carbocycles. The van der Waals surface area contributed by atoms with Crippen molar-refractivity contribution in [2.45, 2.75) is 36.8 Å². The van der Waals surface area contributed by atoms with E-state index in [1.54, 1.807) is 0 Å². The van der Waals surface area contributed by atoms with Crippen molar-refractivity contribution in [3.8, 4) is 17.2 Å². The number of hydrogen-bond donors (Lipinski definition) is 0. The van der Waals surface area contributed by atoms with E-state index in [4.69, 9.17) is 13.9 Å². The van der Waals surface area contributed by atoms with Gasteiger partial charge in [-0.1, -0.05) is 0 Å². The Hall–Kier alpha value is -2.02. The van der Waals surface area contributed by atoms with Crippen molar-refractivity contribution in [2.24, 2.45) is 0 Å². The number of thioether (sulfide) groups is 1. The van der Waals surface area contributed by atoms with E-state index in [2.05, 4.69) is 10.2 Å². The molecule has 3 rings (SSSR count). The highest BCUT2D eigenvalue weighted by molar-refractivity contribution is 8.00. The van der Waals surface area contributed by atoms with Crippen molar-refractivity contribution in [3.63, 3.8) is 0 Å². The minimum absolute atomic E-state index is 0.0569. The van der Waals surface area contributed by atoms with Crippen molar-refractivity contribution in [3.05, 3.63) is 24.3 Å². The molecule has 1 aromatic heterocycles. The number of cyclic esters (lactones) is 1. The van der Waals surface area contributed by atoms with Crippen molar-refractivity contribution in [1.82, 2.24) is 10.2 Å². The smallest absolute Gasteiger partial charge is 0.320 e. The Morgan fingerprint density at radius 2 is 2.09 bits per heavy atom. The van der Waals surface area contributed by atoms with Crippen molar-refractivity contribution in [1.29, 1.82) is 0 Å². The van der Waals surface area contributed by atoms with Gasteiger partial charge in [0.1, 0.15) is 17.1 Å². The molecular formula is C15H16N2O4S. The van der Waals surface area contributed by atoms with Gasteiger partial charge < -0.3 is 13.9 Å². The lowest BCUT2D eigenvalue weighted by molar-refractivity contribution is -0.140. The normalized spacial score (nSPS) is 20.9. The molecule has 2 heterocycles. The quantitative estimate of drug-likeness (QED) is 0.784. The maximum atomic E-state index is 11.6. The molecule has 116 valence electrons. The average molecular weight is 320 g/mol. The van der Waals surface area contributed by atoms with Crippen LogP contribution in [0, 0.1) is 0 Å². The summed E-state index contributed by atoms with van der Waals surface area (Å²) in [4.78, 5) is 11.6. The molecule has 0 spiro atoms. The van der Waals surface area contributed by atoms with Crippen LogP contribution in [0.3, 0.4) is 0 Å². The number of benzene rings is 1. The Labute approximate surface area is 132 Å². The maximum absolute atomic E-state index is 11.6. The Kier molecular flexibility index (Phi) is 4.33. The van der Waals surface area contributed by atoms with Crippen LogP contribution in [0.25, 0.3) is 11.5 Å². The van der Waals surface area contributed by atoms with Gasteiger partial charge >= 0.3 is 5.97 Å². The minimum Gasteiger partial charge on any atom is -0.494 e. The second kappa shape index (κ2) is 6.39. The topological polar surface area (TPSA) is 74.5 Å². The third-order valence-electron chi connectivity index (χ3n) is 3.19. The zero-order valence-electron chi connectivity index (χ0n) is 12.3. The average Bonchev–Trinajstić information content (AvgIpc) is 3.08. The number of ether oxygens (including phenoxy) is 2. The summed E-state index contributed by atoms with van der Waals surface area (Å²) in [6.45, 7) is 4.43. The SMILES string of the molecule is CCOc1ccc(-c2nnc(SC3CC(C)OC3=O)o2)cc1. The molecule has 2 unspecified atom stereocenters. The monoisotopic (exact) mass is 320 g/mol. The standard InChI is InChI=1S/C15H16N2O4S/c1-3-19-11-6-4-10(5-7-11)13-16-17-15(21-13)22-12-8-9(2)20-14(12)18/h4-7,9,12H,3,8H2,1-2H3. The number of aromatic nitrogens is 2. The van der Waals surface area contributed by atoms with Crippen LogP contribution in [-0.2, 0) is 9.53 Å². The van der Waals surface area contributed by atoms with Gasteiger partial charge in [0.25, 0.3) is 5.22 Å². The van der Waals surface area contributed by atoms with Crippen LogP contribution in [0.5, 0.6) is 5.75 Å². The molecule has 0 N–H and O–H groups in total. The van der Waals surface area contributed by atoms with Crippen molar-refractivity contribution in [2.75, 3.05) is 6.61 Å². The fraction of sp³-hybridized carbons (Fsp3) is 0.400. The van der Waals surface area contributed by atoms with E-state index in [9.17, 15) is 4.79 Å². The summed E-state index contributed by atoms with van der Waals surface area (Å²) in [6, 6.07) is 7.43. The van der Waals surface area contributed by atoms with E-state index in [1.807, 2.05) is 38.1 Å². The van der Waals surface area contributed by atoms with Crippen LogP contribution < -0.4 is 4.74 Å². The number of rotatable bonds is 5. The van der Waals surface area contributed by atoms with Crippen molar-refractivity contribution >= 4 is 17.7 Å². The molecule has 6 nitrogen and oxygen atoms in total. The lowest BCUT2D eigenvalue weighted by Crippen LogP contribution is -2.09. The third-order valence-corrected chi connectivity index (χ3v) is 4.22. The molecule has 1 saturated heterocycles. The number of hydrogen-bond acceptors (Lipinski definition) is 7. The number of carbonyl (C=O) groups excluding carboxylic acids is 1. The third kappa shape index (κ3) is 3.24. The van der Waals surface area contributed by atoms with E-state index in [0.29, 0.717) is 24.1 Å². The van der Waals surface area contributed by atoms with Gasteiger partial charge in [-0.25, -0.2) is 0 Å². The van der Waals surface area contributed by atoms with Crippen LogP contribution in [0.15, 0.2) is 33.9 Å². The Morgan fingerprint density at radius 1 is 1.32 bits per heavy atom. The second-order valence-corrected chi connectivity index (χ2v) is 6.07. The molecule has 1 aliphatic heterocycles. The molecule has 0 amide bonds. The lowest BCUT2D eigenvalue weighted by Gasteiger charge is -2.02.